The van der Waals surface area contributed by atoms with Gasteiger partial charge in [-0.15, -0.1) is 0 Å². The number of halogens is 1. The van der Waals surface area contributed by atoms with E-state index in [1.807, 2.05) is 0 Å². The largest absolute Gasteiger partial charge is 0.393 e. The zero-order valence-corrected chi connectivity index (χ0v) is 13.1. The second-order valence-corrected chi connectivity index (χ2v) is 5.42. The Hall–Kier alpha value is -3.55. The summed E-state index contributed by atoms with van der Waals surface area (Å²) in [7, 11) is 1.60. The van der Waals surface area contributed by atoms with Crippen molar-refractivity contribution >= 4 is 11.4 Å². The van der Waals surface area contributed by atoms with Crippen molar-refractivity contribution in [2.45, 2.75) is 0 Å². The van der Waals surface area contributed by atoms with E-state index < -0.39 is 16.4 Å². The van der Waals surface area contributed by atoms with Gasteiger partial charge >= 0.3 is 5.69 Å². The van der Waals surface area contributed by atoms with Gasteiger partial charge in [0, 0.05) is 25.5 Å². The van der Waals surface area contributed by atoms with Gasteiger partial charge in [0.2, 0.25) is 0 Å². The Morgan fingerprint density at radius 3 is 2.64 bits per heavy atom. The van der Waals surface area contributed by atoms with Crippen LogP contribution in [-0.4, -0.2) is 14.5 Å². The lowest BCUT2D eigenvalue weighted by molar-refractivity contribution is -0.383. The normalized spacial score (nSPS) is 10.6. The molecule has 0 aliphatic rings. The van der Waals surface area contributed by atoms with Gasteiger partial charge in [0.05, 0.1) is 10.5 Å². The number of nitrogens with zero attached hydrogens (tertiary/aromatic N) is 3. The molecule has 0 atom stereocenters. The van der Waals surface area contributed by atoms with Gasteiger partial charge in [0.1, 0.15) is 17.2 Å². The Bertz CT molecular complexity index is 1050. The number of benzene rings is 1. The topological polar surface area (TPSA) is 104 Å². The predicted octanol–water partition coefficient (Wildman–Crippen LogP) is 2.74. The van der Waals surface area contributed by atoms with Crippen LogP contribution in [0.15, 0.2) is 53.6 Å². The number of aryl methyl sites for hydroxylation is 1. The number of rotatable bonds is 3. The molecule has 0 radical (unpaired) electrons. The van der Waals surface area contributed by atoms with E-state index in [0.717, 1.165) is 6.07 Å². The molecule has 0 amide bonds. The summed E-state index contributed by atoms with van der Waals surface area (Å²) >= 11 is 0. The number of hydrogen-bond donors (Lipinski definition) is 1. The molecule has 0 saturated carbocycles. The standard InChI is InChI=1S/C17H13FN4O3/c1-21-6-4-10(9-15(21)23)11-7-12(16-13(18)3-2-5-20-16)17(22(24)25)14(19)8-11/h2-9H,19H2,1H3. The SMILES string of the molecule is Cn1ccc(-c2cc(N)c([N+](=O)[O-])c(-c3ncccc3F)c2)cc1=O. The molecule has 0 fully saturated rings. The molecule has 2 N–H and O–H groups in total. The van der Waals surface area contributed by atoms with E-state index >= 15 is 0 Å². The molecule has 0 unspecified atom stereocenters. The molecule has 3 aromatic rings. The quantitative estimate of drug-likeness (QED) is 0.448. The Balaban J connectivity index is 2.31. The fourth-order valence-corrected chi connectivity index (χ4v) is 2.52. The zero-order chi connectivity index (χ0) is 18.1. The van der Waals surface area contributed by atoms with Gasteiger partial charge in [-0.1, -0.05) is 0 Å². The van der Waals surface area contributed by atoms with Crippen molar-refractivity contribution in [3.8, 4) is 22.4 Å². The Morgan fingerprint density at radius 1 is 1.24 bits per heavy atom. The first-order valence-electron chi connectivity index (χ1n) is 7.24. The van der Waals surface area contributed by atoms with E-state index in [9.17, 15) is 19.3 Å². The van der Waals surface area contributed by atoms with Gasteiger partial charge in [-0.3, -0.25) is 19.9 Å². The first kappa shape index (κ1) is 16.3. The van der Waals surface area contributed by atoms with Crippen molar-refractivity contribution in [3.05, 3.63) is 75.1 Å². The highest BCUT2D eigenvalue weighted by molar-refractivity contribution is 5.86. The molecule has 1 aromatic carbocycles. The predicted molar refractivity (Wildman–Crippen MR) is 91.4 cm³/mol. The van der Waals surface area contributed by atoms with Crippen molar-refractivity contribution in [2.75, 3.05) is 5.73 Å². The summed E-state index contributed by atoms with van der Waals surface area (Å²) in [6.07, 6.45) is 2.90. The maximum Gasteiger partial charge on any atom is 0.301 e. The number of anilines is 1. The fraction of sp³-hybridized carbons (Fsp3) is 0.0588. The third-order valence-electron chi connectivity index (χ3n) is 3.77. The second kappa shape index (κ2) is 6.16. The molecule has 2 aromatic heterocycles. The van der Waals surface area contributed by atoms with Gasteiger partial charge < -0.3 is 10.3 Å². The number of nitro benzene ring substituents is 1. The van der Waals surface area contributed by atoms with Crippen LogP contribution in [0.3, 0.4) is 0 Å². The van der Waals surface area contributed by atoms with E-state index in [4.69, 9.17) is 5.73 Å². The van der Waals surface area contributed by atoms with Gasteiger partial charge in [-0.2, -0.15) is 0 Å². The van der Waals surface area contributed by atoms with Crippen molar-refractivity contribution in [1.82, 2.24) is 9.55 Å². The lowest BCUT2D eigenvalue weighted by Crippen LogP contribution is -2.14. The summed E-state index contributed by atoms with van der Waals surface area (Å²) in [5.74, 6) is -0.703. The summed E-state index contributed by atoms with van der Waals surface area (Å²) in [4.78, 5) is 26.5. The summed E-state index contributed by atoms with van der Waals surface area (Å²) < 4.78 is 15.5. The Labute approximate surface area is 141 Å². The molecule has 126 valence electrons. The molecule has 0 bridgehead atoms. The molecule has 8 heteroatoms. The summed E-state index contributed by atoms with van der Waals surface area (Å²) in [6, 6.07) is 8.39. The molecule has 0 spiro atoms. The van der Waals surface area contributed by atoms with Crippen LogP contribution in [0.1, 0.15) is 0 Å². The monoisotopic (exact) mass is 340 g/mol. The van der Waals surface area contributed by atoms with Crippen molar-refractivity contribution in [1.29, 1.82) is 0 Å². The number of nitrogens with two attached hydrogens (primary N) is 1. The minimum absolute atomic E-state index is 0.0428. The van der Waals surface area contributed by atoms with Gasteiger partial charge in [0.25, 0.3) is 5.56 Å². The molecule has 7 nitrogen and oxygen atoms in total. The number of hydrogen-bond acceptors (Lipinski definition) is 5. The van der Waals surface area contributed by atoms with Crippen LogP contribution in [0, 0.1) is 15.9 Å². The molecule has 0 aliphatic carbocycles. The summed E-state index contributed by atoms with van der Waals surface area (Å²) in [5.41, 5.74) is 5.79. The van der Waals surface area contributed by atoms with Crippen LogP contribution in [0.2, 0.25) is 0 Å². The average molecular weight is 340 g/mol. The smallest absolute Gasteiger partial charge is 0.301 e. The molecular formula is C17H13FN4O3. The molecule has 0 saturated heterocycles. The van der Waals surface area contributed by atoms with Crippen LogP contribution >= 0.6 is 0 Å². The first-order valence-corrected chi connectivity index (χ1v) is 7.24. The fourth-order valence-electron chi connectivity index (χ4n) is 2.52. The summed E-state index contributed by atoms with van der Waals surface area (Å²) in [5, 5.41) is 11.4. The first-order chi connectivity index (χ1) is 11.9. The zero-order valence-electron chi connectivity index (χ0n) is 13.1. The lowest BCUT2D eigenvalue weighted by atomic mass is 9.99. The minimum Gasteiger partial charge on any atom is -0.393 e. The molecule has 3 rings (SSSR count). The lowest BCUT2D eigenvalue weighted by Gasteiger charge is -2.10. The van der Waals surface area contributed by atoms with Crippen LogP contribution in [-0.2, 0) is 7.05 Å². The van der Waals surface area contributed by atoms with E-state index in [-0.39, 0.29) is 22.5 Å². The Kier molecular flexibility index (Phi) is 4.02. The van der Waals surface area contributed by atoms with Crippen LogP contribution in [0.4, 0.5) is 15.8 Å². The molecule has 25 heavy (non-hydrogen) atoms. The maximum absolute atomic E-state index is 14.1. The third-order valence-corrected chi connectivity index (χ3v) is 3.77. The van der Waals surface area contributed by atoms with E-state index in [2.05, 4.69) is 4.98 Å². The summed E-state index contributed by atoms with van der Waals surface area (Å²) in [6.45, 7) is 0. The number of nitrogen functional groups attached to an aromatic ring is 1. The van der Waals surface area contributed by atoms with E-state index in [0.29, 0.717) is 11.1 Å². The highest BCUT2D eigenvalue weighted by Crippen LogP contribution is 2.38. The third kappa shape index (κ3) is 2.97. The van der Waals surface area contributed by atoms with Crippen LogP contribution in [0.25, 0.3) is 22.4 Å². The van der Waals surface area contributed by atoms with Crippen molar-refractivity contribution in [3.63, 3.8) is 0 Å². The maximum atomic E-state index is 14.1. The highest BCUT2D eigenvalue weighted by atomic mass is 19.1. The van der Waals surface area contributed by atoms with Crippen LogP contribution < -0.4 is 11.3 Å². The Morgan fingerprint density at radius 2 is 2.00 bits per heavy atom. The molecule has 0 aliphatic heterocycles. The molecule has 2 heterocycles. The van der Waals surface area contributed by atoms with E-state index in [1.165, 1.54) is 35.0 Å². The number of pyridine rings is 2. The van der Waals surface area contributed by atoms with Crippen molar-refractivity contribution in [2.24, 2.45) is 7.05 Å². The van der Waals surface area contributed by atoms with Crippen molar-refractivity contribution < 1.29 is 9.31 Å². The van der Waals surface area contributed by atoms with E-state index in [1.54, 1.807) is 19.3 Å². The van der Waals surface area contributed by atoms with Crippen LogP contribution in [0.5, 0.6) is 0 Å². The number of aromatic nitrogens is 2. The highest BCUT2D eigenvalue weighted by Gasteiger charge is 2.24. The average Bonchev–Trinajstić information content (AvgIpc) is 2.56. The van der Waals surface area contributed by atoms with Gasteiger partial charge in [0.15, 0.2) is 0 Å². The van der Waals surface area contributed by atoms with Gasteiger partial charge in [-0.25, -0.2) is 4.39 Å². The van der Waals surface area contributed by atoms with Gasteiger partial charge in [-0.05, 0) is 41.5 Å². The minimum atomic E-state index is -0.703. The molecular weight excluding hydrogens is 327 g/mol. The second-order valence-electron chi connectivity index (χ2n) is 5.42. The number of nitro groups is 1.